The summed E-state index contributed by atoms with van der Waals surface area (Å²) < 4.78 is 34.0. The van der Waals surface area contributed by atoms with Gasteiger partial charge in [-0.15, -0.1) is 0 Å². The fraction of sp³-hybridized carbons (Fsp3) is 0.188. The van der Waals surface area contributed by atoms with Gasteiger partial charge in [0, 0.05) is 11.3 Å². The van der Waals surface area contributed by atoms with Gasteiger partial charge in [0.25, 0.3) is 5.91 Å². The Kier molecular flexibility index (Phi) is 4.16. The van der Waals surface area contributed by atoms with Crippen molar-refractivity contribution < 1.29 is 22.7 Å². The van der Waals surface area contributed by atoms with Gasteiger partial charge < -0.3 is 14.8 Å². The summed E-state index contributed by atoms with van der Waals surface area (Å²) in [6, 6.07) is 9.38. The molecule has 0 fully saturated rings. The fourth-order valence-electron chi connectivity index (χ4n) is 2.37. The Morgan fingerprint density at radius 1 is 1.08 bits per heavy atom. The first-order valence-electron chi connectivity index (χ1n) is 7.19. The zero-order chi connectivity index (χ0) is 17.3. The molecule has 0 saturated carbocycles. The lowest BCUT2D eigenvalue weighted by molar-refractivity contribution is 0.102. The number of amides is 1. The second-order valence-electron chi connectivity index (χ2n) is 5.34. The SMILES string of the molecule is Cc1ccc(NC(=O)c2ccc3c(c2)OCCO3)cc1S(N)(=O)=O. The largest absolute Gasteiger partial charge is 0.486 e. The second-order valence-corrected chi connectivity index (χ2v) is 6.87. The molecule has 2 aromatic rings. The Hall–Kier alpha value is -2.58. The number of fused-ring (bicyclic) bond motifs is 1. The summed E-state index contributed by atoms with van der Waals surface area (Å²) in [7, 11) is -3.86. The first kappa shape index (κ1) is 16.3. The van der Waals surface area contributed by atoms with Crippen LogP contribution in [0.3, 0.4) is 0 Å². The van der Waals surface area contributed by atoms with E-state index in [2.05, 4.69) is 5.32 Å². The van der Waals surface area contributed by atoms with Crippen LogP contribution >= 0.6 is 0 Å². The molecule has 3 rings (SSSR count). The molecule has 8 heteroatoms. The molecule has 0 spiro atoms. The summed E-state index contributed by atoms with van der Waals surface area (Å²) in [5.74, 6) is 0.698. The van der Waals surface area contributed by atoms with E-state index in [4.69, 9.17) is 14.6 Å². The summed E-state index contributed by atoms with van der Waals surface area (Å²) in [5.41, 5.74) is 1.22. The lowest BCUT2D eigenvalue weighted by Gasteiger charge is -2.18. The molecule has 7 nitrogen and oxygen atoms in total. The maximum atomic E-state index is 12.4. The van der Waals surface area contributed by atoms with Gasteiger partial charge in [-0.2, -0.15) is 0 Å². The average molecular weight is 348 g/mol. The number of ether oxygens (including phenoxy) is 2. The fourth-order valence-corrected chi connectivity index (χ4v) is 3.18. The van der Waals surface area contributed by atoms with Crippen molar-refractivity contribution in [2.75, 3.05) is 18.5 Å². The zero-order valence-corrected chi connectivity index (χ0v) is 13.7. The third-order valence-corrected chi connectivity index (χ3v) is 4.61. The summed E-state index contributed by atoms with van der Waals surface area (Å²) in [5, 5.41) is 7.82. The van der Waals surface area contributed by atoms with Gasteiger partial charge in [-0.1, -0.05) is 6.07 Å². The number of aryl methyl sites for hydroxylation is 1. The Morgan fingerprint density at radius 3 is 2.50 bits per heavy atom. The molecular weight excluding hydrogens is 332 g/mol. The van der Waals surface area contributed by atoms with Crippen LogP contribution in [0, 0.1) is 6.92 Å². The standard InChI is InChI=1S/C16H16N2O5S/c1-10-2-4-12(9-15(10)24(17,20)21)18-16(19)11-3-5-13-14(8-11)23-7-6-22-13/h2-5,8-9H,6-7H2,1H3,(H,18,19)(H2,17,20,21). The van der Waals surface area contributed by atoms with Crippen LogP contribution < -0.4 is 19.9 Å². The minimum absolute atomic E-state index is 0.0255. The summed E-state index contributed by atoms with van der Waals surface area (Å²) in [6.45, 7) is 2.53. The van der Waals surface area contributed by atoms with Gasteiger partial charge in [0.15, 0.2) is 11.5 Å². The average Bonchev–Trinajstić information content (AvgIpc) is 2.55. The van der Waals surface area contributed by atoms with Crippen molar-refractivity contribution in [2.24, 2.45) is 5.14 Å². The first-order valence-corrected chi connectivity index (χ1v) is 8.74. The molecule has 0 aromatic heterocycles. The van der Waals surface area contributed by atoms with Crippen LogP contribution in [0.1, 0.15) is 15.9 Å². The molecular formula is C16H16N2O5S. The van der Waals surface area contributed by atoms with Crippen molar-refractivity contribution >= 4 is 21.6 Å². The Morgan fingerprint density at radius 2 is 1.79 bits per heavy atom. The molecule has 1 aliphatic rings. The molecule has 3 N–H and O–H groups in total. The molecule has 0 radical (unpaired) electrons. The van der Waals surface area contributed by atoms with E-state index in [1.54, 1.807) is 37.3 Å². The maximum Gasteiger partial charge on any atom is 0.255 e. The zero-order valence-electron chi connectivity index (χ0n) is 12.9. The second kappa shape index (κ2) is 6.14. The van der Waals surface area contributed by atoms with E-state index >= 15 is 0 Å². The number of anilines is 1. The van der Waals surface area contributed by atoms with Crippen LogP contribution in [-0.2, 0) is 10.0 Å². The Labute approximate surface area is 139 Å². The van der Waals surface area contributed by atoms with Gasteiger partial charge in [-0.05, 0) is 42.8 Å². The van der Waals surface area contributed by atoms with E-state index in [-0.39, 0.29) is 4.90 Å². The van der Waals surface area contributed by atoms with Crippen molar-refractivity contribution in [3.63, 3.8) is 0 Å². The number of nitrogens with one attached hydrogen (secondary N) is 1. The number of carbonyl (C=O) groups excluding carboxylic acids is 1. The minimum Gasteiger partial charge on any atom is -0.486 e. The number of sulfonamides is 1. The molecule has 0 saturated heterocycles. The molecule has 0 unspecified atom stereocenters. The Balaban J connectivity index is 1.85. The predicted octanol–water partition coefficient (Wildman–Crippen LogP) is 1.67. The summed E-state index contributed by atoms with van der Waals surface area (Å²) >= 11 is 0. The highest BCUT2D eigenvalue weighted by molar-refractivity contribution is 7.89. The van der Waals surface area contributed by atoms with E-state index in [0.717, 1.165) is 0 Å². The molecule has 1 aliphatic heterocycles. The minimum atomic E-state index is -3.86. The van der Waals surface area contributed by atoms with Crippen LogP contribution in [0.4, 0.5) is 5.69 Å². The molecule has 24 heavy (non-hydrogen) atoms. The van der Waals surface area contributed by atoms with Crippen molar-refractivity contribution in [3.8, 4) is 11.5 Å². The van der Waals surface area contributed by atoms with Crippen molar-refractivity contribution in [1.29, 1.82) is 0 Å². The highest BCUT2D eigenvalue weighted by Crippen LogP contribution is 2.31. The third-order valence-electron chi connectivity index (χ3n) is 3.56. The summed E-state index contributed by atoms with van der Waals surface area (Å²) in [4.78, 5) is 12.3. The monoisotopic (exact) mass is 348 g/mol. The lowest BCUT2D eigenvalue weighted by Crippen LogP contribution is -2.18. The molecule has 1 heterocycles. The maximum absolute atomic E-state index is 12.4. The normalized spacial score (nSPS) is 13.4. The van der Waals surface area contributed by atoms with Gasteiger partial charge in [-0.3, -0.25) is 4.79 Å². The van der Waals surface area contributed by atoms with Crippen LogP contribution in [0.15, 0.2) is 41.3 Å². The smallest absolute Gasteiger partial charge is 0.255 e. The molecule has 0 bridgehead atoms. The van der Waals surface area contributed by atoms with E-state index in [9.17, 15) is 13.2 Å². The van der Waals surface area contributed by atoms with Crippen LogP contribution in [0.5, 0.6) is 11.5 Å². The predicted molar refractivity (Wildman–Crippen MR) is 87.9 cm³/mol. The summed E-state index contributed by atoms with van der Waals surface area (Å²) in [6.07, 6.45) is 0. The molecule has 2 aromatic carbocycles. The molecule has 0 atom stereocenters. The van der Waals surface area contributed by atoms with E-state index in [1.807, 2.05) is 0 Å². The van der Waals surface area contributed by atoms with E-state index in [1.165, 1.54) is 6.07 Å². The highest BCUT2D eigenvalue weighted by Gasteiger charge is 2.16. The quantitative estimate of drug-likeness (QED) is 0.877. The van der Waals surface area contributed by atoms with Gasteiger partial charge in [0.05, 0.1) is 4.90 Å². The number of hydrogen-bond donors (Lipinski definition) is 2. The van der Waals surface area contributed by atoms with E-state index < -0.39 is 15.9 Å². The first-order chi connectivity index (χ1) is 11.3. The van der Waals surface area contributed by atoms with Crippen LogP contribution in [0.25, 0.3) is 0 Å². The topological polar surface area (TPSA) is 108 Å². The van der Waals surface area contributed by atoms with Gasteiger partial charge in [0.2, 0.25) is 10.0 Å². The number of rotatable bonds is 3. The molecule has 1 amide bonds. The van der Waals surface area contributed by atoms with Crippen molar-refractivity contribution in [3.05, 3.63) is 47.5 Å². The molecule has 126 valence electrons. The van der Waals surface area contributed by atoms with Crippen molar-refractivity contribution in [1.82, 2.24) is 0 Å². The number of carbonyl (C=O) groups is 1. The van der Waals surface area contributed by atoms with Crippen molar-refractivity contribution in [2.45, 2.75) is 11.8 Å². The van der Waals surface area contributed by atoms with Crippen LogP contribution in [0.2, 0.25) is 0 Å². The van der Waals surface area contributed by atoms with Gasteiger partial charge in [0.1, 0.15) is 13.2 Å². The van der Waals surface area contributed by atoms with Gasteiger partial charge >= 0.3 is 0 Å². The number of primary sulfonamides is 1. The number of nitrogens with two attached hydrogens (primary N) is 1. The van der Waals surface area contributed by atoms with Crippen LogP contribution in [-0.4, -0.2) is 27.5 Å². The van der Waals surface area contributed by atoms with E-state index in [0.29, 0.717) is 41.5 Å². The highest BCUT2D eigenvalue weighted by atomic mass is 32.2. The van der Waals surface area contributed by atoms with Gasteiger partial charge in [-0.25, -0.2) is 13.6 Å². The number of benzene rings is 2. The Bertz CT molecular complexity index is 909. The third kappa shape index (κ3) is 3.34. The lowest BCUT2D eigenvalue weighted by atomic mass is 10.1. The number of hydrogen-bond acceptors (Lipinski definition) is 5. The molecule has 0 aliphatic carbocycles.